The lowest BCUT2D eigenvalue weighted by Gasteiger charge is -2.28. The van der Waals surface area contributed by atoms with Crippen LogP contribution >= 0.6 is 0 Å². The maximum Gasteiger partial charge on any atom is 0.0477 e. The largest absolute Gasteiger partial charge is 0.382 e. The van der Waals surface area contributed by atoms with E-state index in [-0.39, 0.29) is 0 Å². The summed E-state index contributed by atoms with van der Waals surface area (Å²) in [5.74, 6) is 0. The summed E-state index contributed by atoms with van der Waals surface area (Å²) in [6.45, 7) is 17.7. The van der Waals surface area contributed by atoms with Crippen LogP contribution in [-0.4, -0.2) is 74.4 Å². The molecule has 4 nitrogen and oxygen atoms in total. The quantitative estimate of drug-likeness (QED) is 0.586. The fourth-order valence-corrected chi connectivity index (χ4v) is 3.09. The van der Waals surface area contributed by atoms with Crippen molar-refractivity contribution < 1.29 is 4.74 Å². The molecule has 0 aromatic carbocycles. The minimum atomic E-state index is 0.641. The first-order valence-electron chi connectivity index (χ1n) is 8.49. The van der Waals surface area contributed by atoms with Crippen LogP contribution in [0.2, 0.25) is 0 Å². The van der Waals surface area contributed by atoms with Gasteiger partial charge in [-0.3, -0.25) is 9.80 Å². The lowest BCUT2D eigenvalue weighted by molar-refractivity contribution is 0.143. The second-order valence-corrected chi connectivity index (χ2v) is 5.76. The van der Waals surface area contributed by atoms with E-state index in [1.54, 1.807) is 0 Å². The van der Waals surface area contributed by atoms with Crippen LogP contribution in [-0.2, 0) is 4.74 Å². The van der Waals surface area contributed by atoms with Gasteiger partial charge < -0.3 is 10.1 Å². The second-order valence-electron chi connectivity index (χ2n) is 5.76. The van der Waals surface area contributed by atoms with Crippen LogP contribution in [0.15, 0.2) is 0 Å². The molecule has 0 amide bonds. The molecule has 2 atom stereocenters. The third-order valence-electron chi connectivity index (χ3n) is 4.43. The molecular weight excluding hydrogens is 250 g/mol. The van der Waals surface area contributed by atoms with E-state index in [1.807, 2.05) is 0 Å². The molecule has 20 heavy (non-hydrogen) atoms. The van der Waals surface area contributed by atoms with Crippen LogP contribution in [0.3, 0.4) is 0 Å². The highest BCUT2D eigenvalue weighted by atomic mass is 16.5. The van der Waals surface area contributed by atoms with Gasteiger partial charge in [-0.15, -0.1) is 0 Å². The molecule has 1 aliphatic rings. The smallest absolute Gasteiger partial charge is 0.0477 e. The summed E-state index contributed by atoms with van der Waals surface area (Å²) in [6, 6.07) is 1.41. The van der Waals surface area contributed by atoms with Gasteiger partial charge in [0.15, 0.2) is 0 Å². The van der Waals surface area contributed by atoms with Crippen molar-refractivity contribution >= 4 is 0 Å². The first kappa shape index (κ1) is 17.9. The Balaban J connectivity index is 2.13. The second kappa shape index (κ2) is 10.6. The average molecular weight is 285 g/mol. The Morgan fingerprint density at radius 1 is 1.30 bits per heavy atom. The Hall–Kier alpha value is -0.160. The van der Waals surface area contributed by atoms with Crippen molar-refractivity contribution in [2.45, 2.75) is 52.6 Å². The van der Waals surface area contributed by atoms with Crippen LogP contribution in [0.5, 0.6) is 0 Å². The zero-order valence-electron chi connectivity index (χ0n) is 14.0. The van der Waals surface area contributed by atoms with Crippen LogP contribution in [0.25, 0.3) is 0 Å². The first-order chi connectivity index (χ1) is 9.72. The van der Waals surface area contributed by atoms with Crippen molar-refractivity contribution in [1.82, 2.24) is 15.1 Å². The minimum Gasteiger partial charge on any atom is -0.382 e. The number of hydrogen-bond donors (Lipinski definition) is 1. The van der Waals surface area contributed by atoms with Gasteiger partial charge in [-0.1, -0.05) is 13.8 Å². The van der Waals surface area contributed by atoms with Gasteiger partial charge >= 0.3 is 0 Å². The number of nitrogens with one attached hydrogen (secondary N) is 1. The third-order valence-corrected chi connectivity index (χ3v) is 4.43. The Bertz CT molecular complexity index is 234. The molecule has 2 unspecified atom stereocenters. The highest BCUT2D eigenvalue weighted by Crippen LogP contribution is 2.17. The van der Waals surface area contributed by atoms with Crippen molar-refractivity contribution in [3.8, 4) is 0 Å². The molecule has 1 rings (SSSR count). The summed E-state index contributed by atoms with van der Waals surface area (Å²) in [7, 11) is 0. The maximum absolute atomic E-state index is 5.35. The van der Waals surface area contributed by atoms with Gasteiger partial charge in [-0.2, -0.15) is 0 Å². The monoisotopic (exact) mass is 285 g/mol. The molecule has 1 heterocycles. The van der Waals surface area contributed by atoms with E-state index >= 15 is 0 Å². The van der Waals surface area contributed by atoms with Crippen molar-refractivity contribution in [1.29, 1.82) is 0 Å². The van der Waals surface area contributed by atoms with E-state index in [9.17, 15) is 0 Å². The fraction of sp³-hybridized carbons (Fsp3) is 1.00. The van der Waals surface area contributed by atoms with Crippen LogP contribution in [0.1, 0.15) is 40.5 Å². The number of hydrogen-bond acceptors (Lipinski definition) is 4. The molecule has 0 aromatic rings. The molecule has 1 N–H and O–H groups in total. The molecule has 0 radical (unpaired) electrons. The molecule has 4 heteroatoms. The molecule has 120 valence electrons. The number of likely N-dealkylation sites (tertiary alicyclic amines) is 1. The van der Waals surface area contributed by atoms with Gasteiger partial charge in [0.25, 0.3) is 0 Å². The normalized spacial score (nSPS) is 21.8. The number of nitrogens with zero attached hydrogens (tertiary/aromatic N) is 2. The lowest BCUT2D eigenvalue weighted by atomic mass is 10.2. The standard InChI is InChI=1S/C16H35N3O/c1-5-18(6-2)16-9-11-19(14-16)15(4)13-17-10-8-12-20-7-3/h15-17H,5-14H2,1-4H3. The van der Waals surface area contributed by atoms with Gasteiger partial charge in [0, 0.05) is 44.9 Å². The van der Waals surface area contributed by atoms with Gasteiger partial charge in [-0.05, 0) is 46.3 Å². The summed E-state index contributed by atoms with van der Waals surface area (Å²) in [6.07, 6.45) is 2.44. The lowest BCUT2D eigenvalue weighted by Crippen LogP contribution is -2.42. The Morgan fingerprint density at radius 3 is 2.70 bits per heavy atom. The summed E-state index contributed by atoms with van der Waals surface area (Å²) >= 11 is 0. The van der Waals surface area contributed by atoms with Gasteiger partial charge in [0.05, 0.1) is 0 Å². The van der Waals surface area contributed by atoms with E-state index in [4.69, 9.17) is 4.74 Å². The molecule has 1 aliphatic heterocycles. The highest BCUT2D eigenvalue weighted by Gasteiger charge is 2.28. The van der Waals surface area contributed by atoms with Crippen molar-refractivity contribution in [2.75, 3.05) is 52.5 Å². The predicted molar refractivity (Wildman–Crippen MR) is 86.3 cm³/mol. The average Bonchev–Trinajstić information content (AvgIpc) is 2.93. The number of rotatable bonds is 11. The minimum absolute atomic E-state index is 0.641. The number of ether oxygens (including phenoxy) is 1. The summed E-state index contributed by atoms with van der Waals surface area (Å²) in [5, 5.41) is 3.56. The maximum atomic E-state index is 5.35. The van der Waals surface area contributed by atoms with E-state index < -0.39 is 0 Å². The van der Waals surface area contributed by atoms with Gasteiger partial charge in [0.2, 0.25) is 0 Å². The van der Waals surface area contributed by atoms with E-state index in [2.05, 4.69) is 42.8 Å². The van der Waals surface area contributed by atoms with E-state index in [0.29, 0.717) is 6.04 Å². The van der Waals surface area contributed by atoms with E-state index in [1.165, 1.54) is 32.6 Å². The Morgan fingerprint density at radius 2 is 2.05 bits per heavy atom. The Labute approximate surface area is 125 Å². The summed E-state index contributed by atoms with van der Waals surface area (Å²) in [5.41, 5.74) is 0. The summed E-state index contributed by atoms with van der Waals surface area (Å²) in [4.78, 5) is 5.24. The van der Waals surface area contributed by atoms with Crippen molar-refractivity contribution in [3.05, 3.63) is 0 Å². The molecular formula is C16H35N3O. The molecule has 0 aromatic heterocycles. The zero-order chi connectivity index (χ0) is 14.8. The summed E-state index contributed by atoms with van der Waals surface area (Å²) < 4.78 is 5.35. The fourth-order valence-electron chi connectivity index (χ4n) is 3.09. The molecule has 0 saturated carbocycles. The number of likely N-dealkylation sites (N-methyl/N-ethyl adjacent to an activating group) is 1. The SMILES string of the molecule is CCOCCCNCC(C)N1CCC(N(CC)CC)C1. The third kappa shape index (κ3) is 6.08. The first-order valence-corrected chi connectivity index (χ1v) is 8.49. The van der Waals surface area contributed by atoms with Crippen molar-refractivity contribution in [2.24, 2.45) is 0 Å². The van der Waals surface area contributed by atoms with Crippen molar-refractivity contribution in [3.63, 3.8) is 0 Å². The topological polar surface area (TPSA) is 27.7 Å². The highest BCUT2D eigenvalue weighted by molar-refractivity contribution is 4.85. The van der Waals surface area contributed by atoms with Crippen LogP contribution in [0, 0.1) is 0 Å². The molecule has 1 fully saturated rings. The van der Waals surface area contributed by atoms with E-state index in [0.717, 1.165) is 38.8 Å². The Kier molecular flexibility index (Phi) is 9.44. The molecule has 1 saturated heterocycles. The zero-order valence-corrected chi connectivity index (χ0v) is 14.0. The van der Waals surface area contributed by atoms with Gasteiger partial charge in [0.1, 0.15) is 0 Å². The predicted octanol–water partition coefficient (Wildman–Crippen LogP) is 1.81. The van der Waals surface area contributed by atoms with Crippen LogP contribution < -0.4 is 5.32 Å². The molecule has 0 aliphatic carbocycles. The molecule has 0 spiro atoms. The molecule has 0 bridgehead atoms. The van der Waals surface area contributed by atoms with Crippen LogP contribution in [0.4, 0.5) is 0 Å². The van der Waals surface area contributed by atoms with Gasteiger partial charge in [-0.25, -0.2) is 0 Å².